The van der Waals surface area contributed by atoms with E-state index in [4.69, 9.17) is 16.6 Å². The Morgan fingerprint density at radius 2 is 1.37 bits per heavy atom. The number of carboxylic acid groups (broad SMARTS) is 1. The normalized spacial score (nSPS) is 14.9. The number of hydrogen-bond acceptors (Lipinski definition) is 8. The summed E-state index contributed by atoms with van der Waals surface area (Å²) in [5.41, 5.74) is 10.7. The number of carboxylic acids is 1. The van der Waals surface area contributed by atoms with E-state index in [2.05, 4.69) is 41.2 Å². The van der Waals surface area contributed by atoms with Crippen molar-refractivity contribution in [1.82, 2.24) is 16.0 Å². The molecule has 4 unspecified atom stereocenters. The third-order valence-electron chi connectivity index (χ3n) is 3.98. The summed E-state index contributed by atoms with van der Waals surface area (Å²) in [4.78, 5) is 59.6. The number of amides is 4. The molecule has 8 N–H and O–H groups in total. The van der Waals surface area contributed by atoms with Gasteiger partial charge in [0, 0.05) is 17.9 Å². The number of thiol groups is 2. The second-order valence-corrected chi connectivity index (χ2v) is 7.86. The lowest BCUT2D eigenvalue weighted by Crippen LogP contribution is -2.57. The van der Waals surface area contributed by atoms with Crippen LogP contribution in [-0.2, 0) is 24.0 Å². The van der Waals surface area contributed by atoms with Gasteiger partial charge in [-0.15, -0.1) is 0 Å². The van der Waals surface area contributed by atoms with E-state index >= 15 is 0 Å². The molecule has 0 aromatic carbocycles. The van der Waals surface area contributed by atoms with E-state index in [1.165, 1.54) is 0 Å². The summed E-state index contributed by atoms with van der Waals surface area (Å²) >= 11 is 7.81. The first-order valence-corrected chi connectivity index (χ1v) is 10.6. The molecule has 0 saturated heterocycles. The molecule has 0 bridgehead atoms. The van der Waals surface area contributed by atoms with Crippen molar-refractivity contribution in [2.45, 2.75) is 57.3 Å². The molecular formula is C17H31N5O6S2. The zero-order chi connectivity index (χ0) is 23.4. The van der Waals surface area contributed by atoms with Crippen molar-refractivity contribution in [3.8, 4) is 0 Å². The van der Waals surface area contributed by atoms with Crippen LogP contribution in [0.3, 0.4) is 0 Å². The van der Waals surface area contributed by atoms with Crippen molar-refractivity contribution in [3.63, 3.8) is 0 Å². The maximum absolute atomic E-state index is 12.7. The van der Waals surface area contributed by atoms with Crippen LogP contribution in [-0.4, -0.2) is 70.4 Å². The molecule has 0 aromatic rings. The highest BCUT2D eigenvalue weighted by Crippen LogP contribution is 2.08. The van der Waals surface area contributed by atoms with Crippen LogP contribution in [0.15, 0.2) is 0 Å². The summed E-state index contributed by atoms with van der Waals surface area (Å²) in [5.74, 6) is -4.13. The molecule has 0 aliphatic rings. The molecular weight excluding hydrogens is 434 g/mol. The smallest absolute Gasteiger partial charge is 0.327 e. The van der Waals surface area contributed by atoms with Crippen LogP contribution in [0, 0.1) is 5.92 Å². The number of aliphatic carboxylic acids is 1. The zero-order valence-electron chi connectivity index (χ0n) is 17.0. The molecule has 0 rings (SSSR count). The van der Waals surface area contributed by atoms with E-state index in [1.807, 2.05) is 13.8 Å². The van der Waals surface area contributed by atoms with Gasteiger partial charge in [-0.1, -0.05) is 13.8 Å². The first-order valence-electron chi connectivity index (χ1n) is 9.32. The number of nitrogens with one attached hydrogen (secondary N) is 3. The Bertz CT molecular complexity index is 634. The van der Waals surface area contributed by atoms with Crippen molar-refractivity contribution >= 4 is 54.9 Å². The van der Waals surface area contributed by atoms with Crippen LogP contribution in [0.25, 0.3) is 0 Å². The third kappa shape index (κ3) is 10.7. The maximum atomic E-state index is 12.7. The van der Waals surface area contributed by atoms with Crippen LogP contribution in [0.2, 0.25) is 0 Å². The number of carbonyl (C=O) groups is 5. The fraction of sp³-hybridized carbons (Fsp3) is 0.706. The van der Waals surface area contributed by atoms with Gasteiger partial charge in [0.2, 0.25) is 23.6 Å². The number of nitrogens with two attached hydrogens (primary N) is 2. The Morgan fingerprint density at radius 1 is 0.867 bits per heavy atom. The van der Waals surface area contributed by atoms with Gasteiger partial charge >= 0.3 is 5.97 Å². The molecule has 0 aliphatic carbocycles. The van der Waals surface area contributed by atoms with Crippen molar-refractivity contribution in [3.05, 3.63) is 0 Å². The minimum absolute atomic E-state index is 0.0170. The number of primary amides is 1. The predicted octanol–water partition coefficient (Wildman–Crippen LogP) is -1.98. The molecule has 172 valence electrons. The lowest BCUT2D eigenvalue weighted by atomic mass is 10.0. The molecule has 11 nitrogen and oxygen atoms in total. The lowest BCUT2D eigenvalue weighted by Gasteiger charge is -2.25. The zero-order valence-corrected chi connectivity index (χ0v) is 18.7. The second-order valence-electron chi connectivity index (χ2n) is 7.13. The van der Waals surface area contributed by atoms with E-state index in [0.717, 1.165) is 0 Å². The monoisotopic (exact) mass is 465 g/mol. The van der Waals surface area contributed by atoms with Gasteiger partial charge in [-0.3, -0.25) is 19.2 Å². The Morgan fingerprint density at radius 3 is 1.80 bits per heavy atom. The Kier molecular flexibility index (Phi) is 13.2. The molecule has 0 spiro atoms. The molecule has 0 saturated carbocycles. The first kappa shape index (κ1) is 28.0. The van der Waals surface area contributed by atoms with E-state index < -0.39 is 53.8 Å². The van der Waals surface area contributed by atoms with Gasteiger partial charge in [-0.25, -0.2) is 4.79 Å². The van der Waals surface area contributed by atoms with Crippen LogP contribution in [0.1, 0.15) is 33.1 Å². The molecule has 30 heavy (non-hydrogen) atoms. The van der Waals surface area contributed by atoms with Crippen molar-refractivity contribution in [1.29, 1.82) is 0 Å². The maximum Gasteiger partial charge on any atom is 0.327 e. The average Bonchev–Trinajstić information content (AvgIpc) is 2.66. The highest BCUT2D eigenvalue weighted by Gasteiger charge is 2.30. The van der Waals surface area contributed by atoms with Crippen molar-refractivity contribution < 1.29 is 29.1 Å². The number of carbonyl (C=O) groups excluding carboxylic acids is 4. The predicted molar refractivity (Wildman–Crippen MR) is 117 cm³/mol. The summed E-state index contributed by atoms with van der Waals surface area (Å²) < 4.78 is 0. The fourth-order valence-electron chi connectivity index (χ4n) is 2.35. The molecule has 0 heterocycles. The van der Waals surface area contributed by atoms with Crippen LogP contribution in [0.4, 0.5) is 0 Å². The van der Waals surface area contributed by atoms with Gasteiger partial charge in [0.15, 0.2) is 0 Å². The number of rotatable bonds is 14. The van der Waals surface area contributed by atoms with Gasteiger partial charge in [-0.05, 0) is 18.8 Å². The van der Waals surface area contributed by atoms with E-state index in [1.54, 1.807) is 0 Å². The van der Waals surface area contributed by atoms with Gasteiger partial charge in [0.05, 0.1) is 6.04 Å². The van der Waals surface area contributed by atoms with E-state index in [-0.39, 0.29) is 36.7 Å². The highest BCUT2D eigenvalue weighted by molar-refractivity contribution is 7.80. The molecule has 4 atom stereocenters. The van der Waals surface area contributed by atoms with Crippen LogP contribution < -0.4 is 27.4 Å². The van der Waals surface area contributed by atoms with Crippen molar-refractivity contribution in [2.75, 3.05) is 11.5 Å². The van der Waals surface area contributed by atoms with Gasteiger partial charge in [0.1, 0.15) is 18.1 Å². The molecule has 13 heteroatoms. The quantitative estimate of drug-likeness (QED) is 0.136. The second kappa shape index (κ2) is 14.1. The largest absolute Gasteiger partial charge is 0.480 e. The van der Waals surface area contributed by atoms with E-state index in [0.29, 0.717) is 0 Å². The summed E-state index contributed by atoms with van der Waals surface area (Å²) in [6, 6.07) is -4.44. The summed E-state index contributed by atoms with van der Waals surface area (Å²) in [6.07, 6.45) is -0.0734. The van der Waals surface area contributed by atoms with E-state index in [9.17, 15) is 24.0 Å². The molecule has 0 fully saturated rings. The first-order chi connectivity index (χ1) is 13.9. The minimum Gasteiger partial charge on any atom is -0.480 e. The lowest BCUT2D eigenvalue weighted by molar-refractivity contribution is -0.141. The average molecular weight is 466 g/mol. The highest BCUT2D eigenvalue weighted by atomic mass is 32.1. The van der Waals surface area contributed by atoms with Crippen molar-refractivity contribution in [2.24, 2.45) is 17.4 Å². The molecule has 0 aromatic heterocycles. The molecule has 4 amide bonds. The SMILES string of the molecule is CC(C)CC(NC(=O)C(CCC(N)=O)NC(=O)C(N)CS)C(=O)NC(CS)C(=O)O. The molecule has 0 aliphatic heterocycles. The van der Waals surface area contributed by atoms with Gasteiger partial charge in [0.25, 0.3) is 0 Å². The van der Waals surface area contributed by atoms with Gasteiger partial charge < -0.3 is 32.5 Å². The third-order valence-corrected chi connectivity index (χ3v) is 4.74. The number of hydrogen-bond donors (Lipinski definition) is 8. The molecule has 0 radical (unpaired) electrons. The van der Waals surface area contributed by atoms with Crippen LogP contribution >= 0.6 is 25.3 Å². The Balaban J connectivity index is 5.42. The minimum atomic E-state index is -1.26. The summed E-state index contributed by atoms with van der Waals surface area (Å²) in [6.45, 7) is 3.63. The summed E-state index contributed by atoms with van der Waals surface area (Å²) in [7, 11) is 0. The van der Waals surface area contributed by atoms with Crippen LogP contribution in [0.5, 0.6) is 0 Å². The summed E-state index contributed by atoms with van der Waals surface area (Å²) in [5, 5.41) is 16.3. The Labute approximate surface area is 186 Å². The topological polar surface area (TPSA) is 194 Å². The Hall–Kier alpha value is -1.99. The standard InChI is InChI=1S/C17H31N5O6S2/c1-8(2)5-11(16(26)22-12(7-30)17(27)28)21-15(25)10(3-4-13(19)23)20-14(24)9(18)6-29/h8-12,29-30H,3-7,18H2,1-2H3,(H2,19,23)(H,20,24)(H,21,25)(H,22,26)(H,27,28). The fourth-order valence-corrected chi connectivity index (χ4v) is 2.76. The van der Waals surface area contributed by atoms with Gasteiger partial charge in [-0.2, -0.15) is 25.3 Å².